The maximum absolute atomic E-state index is 13.2. The number of benzene rings is 3. The number of fused-ring (bicyclic) bond motifs is 1. The molecular weight excluding hydrogens is 482 g/mol. The highest BCUT2D eigenvalue weighted by molar-refractivity contribution is 7.20. The summed E-state index contributed by atoms with van der Waals surface area (Å²) in [5.74, 6) is 0.908. The van der Waals surface area contributed by atoms with Gasteiger partial charge in [0.15, 0.2) is 0 Å². The van der Waals surface area contributed by atoms with Crippen LogP contribution in [0.25, 0.3) is 10.1 Å². The first-order chi connectivity index (χ1) is 18.1. The molecule has 1 aliphatic heterocycles. The molecule has 0 bridgehead atoms. The minimum atomic E-state index is -0.157. The molecule has 2 heterocycles. The van der Waals surface area contributed by atoms with E-state index in [4.69, 9.17) is 14.7 Å². The molecule has 5 rings (SSSR count). The molecule has 0 spiro atoms. The van der Waals surface area contributed by atoms with E-state index in [-0.39, 0.29) is 12.0 Å². The smallest absolute Gasteiger partial charge is 0.264 e. The SMILES string of the molecule is COc1cccc([C@H](CN2CCN(C(=O)c3cc4ccccc4s3)CC2)OCc2ccc(C#N)cc2)c1. The normalized spacial score (nSPS) is 14.9. The summed E-state index contributed by atoms with van der Waals surface area (Å²) in [7, 11) is 1.67. The molecule has 6 nitrogen and oxygen atoms in total. The van der Waals surface area contributed by atoms with E-state index in [0.29, 0.717) is 31.8 Å². The maximum atomic E-state index is 13.2. The number of hydrogen-bond donors (Lipinski definition) is 0. The van der Waals surface area contributed by atoms with Gasteiger partial charge in [0.2, 0.25) is 0 Å². The lowest BCUT2D eigenvalue weighted by molar-refractivity contribution is 0.00339. The first-order valence-electron chi connectivity index (χ1n) is 12.4. The number of carbonyl (C=O) groups excluding carboxylic acids is 1. The quantitative estimate of drug-likeness (QED) is 0.313. The zero-order valence-corrected chi connectivity index (χ0v) is 21.6. The van der Waals surface area contributed by atoms with Gasteiger partial charge < -0.3 is 14.4 Å². The number of hydrogen-bond acceptors (Lipinski definition) is 6. The standard InChI is InChI=1S/C30H29N3O3S/c1-35-26-7-4-6-24(17-26)27(36-21-23-11-9-22(19-31)10-12-23)20-32-13-15-33(16-14-32)30(34)29-18-25-5-2-3-8-28(25)37-29/h2-12,17-18,27H,13-16,20-21H2,1H3/t27-/m0/s1. The minimum Gasteiger partial charge on any atom is -0.497 e. The van der Waals surface area contributed by atoms with E-state index in [1.807, 2.05) is 65.6 Å². The largest absolute Gasteiger partial charge is 0.497 e. The third-order valence-electron chi connectivity index (χ3n) is 6.72. The maximum Gasteiger partial charge on any atom is 0.264 e. The summed E-state index contributed by atoms with van der Waals surface area (Å²) in [6.07, 6.45) is -0.157. The van der Waals surface area contributed by atoms with Crippen molar-refractivity contribution in [3.8, 4) is 11.8 Å². The Bertz CT molecular complexity index is 1370. The molecule has 1 aliphatic rings. The summed E-state index contributed by atoms with van der Waals surface area (Å²) in [4.78, 5) is 18.3. The van der Waals surface area contributed by atoms with Crippen LogP contribution in [0.1, 0.15) is 32.5 Å². The van der Waals surface area contributed by atoms with Gasteiger partial charge >= 0.3 is 0 Å². The number of methoxy groups -OCH3 is 1. The molecule has 0 unspecified atom stereocenters. The number of carbonyl (C=O) groups is 1. The van der Waals surface area contributed by atoms with Crippen molar-refractivity contribution in [2.45, 2.75) is 12.7 Å². The average molecular weight is 512 g/mol. The van der Waals surface area contributed by atoms with Crippen LogP contribution in [-0.2, 0) is 11.3 Å². The van der Waals surface area contributed by atoms with Gasteiger partial charge in [0, 0.05) is 37.4 Å². The first kappa shape index (κ1) is 25.0. The van der Waals surface area contributed by atoms with E-state index < -0.39 is 0 Å². The van der Waals surface area contributed by atoms with Crippen LogP contribution in [-0.4, -0.2) is 55.5 Å². The van der Waals surface area contributed by atoms with Gasteiger partial charge in [0.1, 0.15) is 5.75 Å². The Balaban J connectivity index is 1.23. The molecule has 0 saturated carbocycles. The number of rotatable bonds is 8. The van der Waals surface area contributed by atoms with Gasteiger partial charge in [0.05, 0.1) is 36.3 Å². The van der Waals surface area contributed by atoms with Crippen molar-refractivity contribution in [1.29, 1.82) is 5.26 Å². The molecule has 37 heavy (non-hydrogen) atoms. The second-order valence-corrected chi connectivity index (χ2v) is 10.2. The number of ether oxygens (including phenoxy) is 2. The van der Waals surface area contributed by atoms with E-state index in [0.717, 1.165) is 44.9 Å². The van der Waals surface area contributed by atoms with Crippen LogP contribution in [0.3, 0.4) is 0 Å². The van der Waals surface area contributed by atoms with Gasteiger partial charge in [-0.1, -0.05) is 42.5 Å². The Hall–Kier alpha value is -3.70. The molecular formula is C30H29N3O3S. The second kappa shape index (κ2) is 11.6. The van der Waals surface area contributed by atoms with Crippen molar-refractivity contribution in [1.82, 2.24) is 9.80 Å². The molecule has 0 N–H and O–H groups in total. The van der Waals surface area contributed by atoms with Crippen LogP contribution in [0, 0.1) is 11.3 Å². The molecule has 4 aromatic rings. The summed E-state index contributed by atoms with van der Waals surface area (Å²) in [6, 6.07) is 27.8. The minimum absolute atomic E-state index is 0.113. The van der Waals surface area contributed by atoms with Gasteiger partial charge in [-0.25, -0.2) is 0 Å². The van der Waals surface area contributed by atoms with E-state index >= 15 is 0 Å². The topological polar surface area (TPSA) is 65.8 Å². The number of amides is 1. The Morgan fingerprint density at radius 3 is 2.51 bits per heavy atom. The van der Waals surface area contributed by atoms with Crippen molar-refractivity contribution in [2.75, 3.05) is 39.8 Å². The Labute approximate surface area is 221 Å². The van der Waals surface area contributed by atoms with Gasteiger partial charge in [-0.15, -0.1) is 11.3 Å². The lowest BCUT2D eigenvalue weighted by Crippen LogP contribution is -2.49. The van der Waals surface area contributed by atoms with E-state index in [2.05, 4.69) is 29.2 Å². The number of nitrogens with zero attached hydrogens (tertiary/aromatic N) is 3. The van der Waals surface area contributed by atoms with Crippen molar-refractivity contribution >= 4 is 27.3 Å². The fourth-order valence-electron chi connectivity index (χ4n) is 4.58. The number of thiophene rings is 1. The Kier molecular flexibility index (Phi) is 7.81. The zero-order valence-electron chi connectivity index (χ0n) is 20.8. The second-order valence-electron chi connectivity index (χ2n) is 9.13. The molecule has 1 amide bonds. The van der Waals surface area contributed by atoms with Crippen molar-refractivity contribution < 1.29 is 14.3 Å². The molecule has 0 aliphatic carbocycles. The highest BCUT2D eigenvalue weighted by Gasteiger charge is 2.26. The summed E-state index contributed by atoms with van der Waals surface area (Å²) in [6.45, 7) is 4.11. The molecule has 7 heteroatoms. The molecule has 1 saturated heterocycles. The molecule has 188 valence electrons. The number of piperazine rings is 1. The zero-order chi connectivity index (χ0) is 25.6. The summed E-state index contributed by atoms with van der Waals surface area (Å²) in [5, 5.41) is 10.2. The van der Waals surface area contributed by atoms with Crippen LogP contribution in [0.15, 0.2) is 78.9 Å². The summed E-state index contributed by atoms with van der Waals surface area (Å²) < 4.78 is 13.0. The van der Waals surface area contributed by atoms with E-state index in [1.54, 1.807) is 18.4 Å². The monoisotopic (exact) mass is 511 g/mol. The highest BCUT2D eigenvalue weighted by Crippen LogP contribution is 2.28. The lowest BCUT2D eigenvalue weighted by Gasteiger charge is -2.36. The summed E-state index contributed by atoms with van der Waals surface area (Å²) >= 11 is 1.56. The van der Waals surface area contributed by atoms with E-state index in [9.17, 15) is 4.79 Å². The molecule has 1 atom stereocenters. The molecule has 0 radical (unpaired) electrons. The fraction of sp³-hybridized carbons (Fsp3) is 0.267. The lowest BCUT2D eigenvalue weighted by atomic mass is 10.1. The van der Waals surface area contributed by atoms with Crippen molar-refractivity contribution in [2.24, 2.45) is 0 Å². The van der Waals surface area contributed by atoms with Crippen molar-refractivity contribution in [3.05, 3.63) is 100 Å². The van der Waals surface area contributed by atoms with Gasteiger partial charge in [-0.2, -0.15) is 5.26 Å². The molecule has 1 fully saturated rings. The predicted octanol–water partition coefficient (Wildman–Crippen LogP) is 5.50. The van der Waals surface area contributed by atoms with E-state index in [1.165, 1.54) is 0 Å². The molecule has 1 aromatic heterocycles. The van der Waals surface area contributed by atoms with Gasteiger partial charge in [-0.3, -0.25) is 9.69 Å². The van der Waals surface area contributed by atoms with Crippen LogP contribution in [0.5, 0.6) is 5.75 Å². The van der Waals surface area contributed by atoms with Crippen LogP contribution in [0.4, 0.5) is 0 Å². The van der Waals surface area contributed by atoms with Gasteiger partial charge in [0.25, 0.3) is 5.91 Å². The highest BCUT2D eigenvalue weighted by atomic mass is 32.1. The third kappa shape index (κ3) is 6.00. The predicted molar refractivity (Wildman–Crippen MR) is 146 cm³/mol. The Morgan fingerprint density at radius 1 is 1.00 bits per heavy atom. The molecule has 3 aromatic carbocycles. The van der Waals surface area contributed by atoms with Crippen LogP contribution in [0.2, 0.25) is 0 Å². The average Bonchev–Trinajstić information content (AvgIpc) is 3.40. The summed E-state index contributed by atoms with van der Waals surface area (Å²) in [5.41, 5.74) is 2.71. The van der Waals surface area contributed by atoms with Crippen LogP contribution < -0.4 is 4.74 Å². The first-order valence-corrected chi connectivity index (χ1v) is 13.2. The van der Waals surface area contributed by atoms with Crippen molar-refractivity contribution in [3.63, 3.8) is 0 Å². The third-order valence-corrected chi connectivity index (χ3v) is 7.82. The van der Waals surface area contributed by atoms with Gasteiger partial charge in [-0.05, 0) is 52.9 Å². The Morgan fingerprint density at radius 2 is 1.78 bits per heavy atom. The number of nitriles is 1. The van der Waals surface area contributed by atoms with Crippen LogP contribution >= 0.6 is 11.3 Å². The fourth-order valence-corrected chi connectivity index (χ4v) is 5.61.